The van der Waals surface area contributed by atoms with E-state index in [9.17, 15) is 9.59 Å². The maximum absolute atomic E-state index is 12.6. The van der Waals surface area contributed by atoms with Gasteiger partial charge >= 0.3 is 5.97 Å². The van der Waals surface area contributed by atoms with E-state index in [1.165, 1.54) is 23.5 Å². The van der Waals surface area contributed by atoms with Crippen molar-refractivity contribution >= 4 is 33.4 Å². The van der Waals surface area contributed by atoms with Crippen LogP contribution in [-0.2, 0) is 6.54 Å². The lowest BCUT2D eigenvalue weighted by Crippen LogP contribution is -2.22. The number of nitrogens with zero attached hydrogens (tertiary/aromatic N) is 1. The van der Waals surface area contributed by atoms with Gasteiger partial charge in [-0.1, -0.05) is 12.1 Å². The number of hydrogen-bond acceptors (Lipinski definition) is 4. The average Bonchev–Trinajstić information content (AvgIpc) is 2.89. The van der Waals surface area contributed by atoms with Crippen LogP contribution in [-0.4, -0.2) is 22.0 Å². The number of carboxylic acid groups (broad SMARTS) is 1. The van der Waals surface area contributed by atoms with Crippen molar-refractivity contribution in [1.29, 1.82) is 0 Å². The Labute approximate surface area is 149 Å². The van der Waals surface area contributed by atoms with Crippen molar-refractivity contribution in [1.82, 2.24) is 10.3 Å². The fourth-order valence-corrected chi connectivity index (χ4v) is 4.08. The Morgan fingerprint density at radius 2 is 1.84 bits per heavy atom. The lowest BCUT2D eigenvalue weighted by molar-refractivity contribution is 0.0696. The summed E-state index contributed by atoms with van der Waals surface area (Å²) < 4.78 is 0. The van der Waals surface area contributed by atoms with Crippen LogP contribution in [0.1, 0.15) is 42.4 Å². The van der Waals surface area contributed by atoms with Crippen molar-refractivity contribution in [2.75, 3.05) is 0 Å². The van der Waals surface area contributed by atoms with Crippen LogP contribution in [0.3, 0.4) is 0 Å². The molecule has 0 unspecified atom stereocenters. The van der Waals surface area contributed by atoms with Crippen LogP contribution in [0.4, 0.5) is 0 Å². The number of amides is 1. The van der Waals surface area contributed by atoms with E-state index in [0.717, 1.165) is 32.6 Å². The van der Waals surface area contributed by atoms with Crippen LogP contribution >= 0.6 is 11.3 Å². The molecule has 0 bridgehead atoms. The third-order valence-electron chi connectivity index (χ3n) is 4.09. The molecule has 3 aromatic rings. The van der Waals surface area contributed by atoms with Crippen molar-refractivity contribution < 1.29 is 14.7 Å². The Hall–Kier alpha value is -2.73. The van der Waals surface area contributed by atoms with E-state index >= 15 is 0 Å². The summed E-state index contributed by atoms with van der Waals surface area (Å²) in [5, 5.41) is 12.9. The van der Waals surface area contributed by atoms with Gasteiger partial charge in [0.05, 0.1) is 10.4 Å². The van der Waals surface area contributed by atoms with Gasteiger partial charge in [0.2, 0.25) is 0 Å². The molecule has 0 spiro atoms. The number of carbonyl (C=O) groups is 2. The molecule has 0 aliphatic carbocycles. The molecule has 0 aliphatic rings. The molecule has 0 aliphatic heterocycles. The summed E-state index contributed by atoms with van der Waals surface area (Å²) in [5.74, 6) is -1.10. The summed E-state index contributed by atoms with van der Waals surface area (Å²) in [5.41, 5.74) is 4.09. The number of pyridine rings is 1. The van der Waals surface area contributed by atoms with Crippen LogP contribution < -0.4 is 5.32 Å². The van der Waals surface area contributed by atoms with Gasteiger partial charge in [0.15, 0.2) is 0 Å². The van der Waals surface area contributed by atoms with Crippen LogP contribution in [0.25, 0.3) is 10.2 Å². The lowest BCUT2D eigenvalue weighted by atomic mass is 10.1. The molecule has 0 radical (unpaired) electrons. The van der Waals surface area contributed by atoms with Gasteiger partial charge in [-0.05, 0) is 55.7 Å². The zero-order valence-corrected chi connectivity index (χ0v) is 15.0. The molecule has 6 heteroatoms. The summed E-state index contributed by atoms with van der Waals surface area (Å²) in [6.07, 6.45) is 0. The second-order valence-electron chi connectivity index (χ2n) is 6.00. The van der Waals surface area contributed by atoms with E-state index in [1.54, 1.807) is 12.1 Å². The molecule has 5 nitrogen and oxygen atoms in total. The first kappa shape index (κ1) is 17.1. The lowest BCUT2D eigenvalue weighted by Gasteiger charge is -2.05. The van der Waals surface area contributed by atoms with Gasteiger partial charge in [0, 0.05) is 17.6 Å². The van der Waals surface area contributed by atoms with Crippen molar-refractivity contribution in [2.24, 2.45) is 0 Å². The van der Waals surface area contributed by atoms with Crippen LogP contribution in [0.15, 0.2) is 30.3 Å². The molecular formula is C19H18N2O3S. The van der Waals surface area contributed by atoms with Crippen molar-refractivity contribution in [3.05, 3.63) is 63.2 Å². The number of aryl methyl sites for hydroxylation is 3. The summed E-state index contributed by atoms with van der Waals surface area (Å²) >= 11 is 1.40. The minimum absolute atomic E-state index is 0.139. The fraction of sp³-hybridized carbons (Fsp3) is 0.211. The number of carboxylic acids is 1. The van der Waals surface area contributed by atoms with E-state index in [2.05, 4.69) is 10.3 Å². The number of rotatable bonds is 4. The Bertz CT molecular complexity index is 974. The number of hydrogen-bond donors (Lipinski definition) is 2. The van der Waals surface area contributed by atoms with Crippen molar-refractivity contribution in [3.8, 4) is 0 Å². The number of carbonyl (C=O) groups excluding carboxylic acids is 1. The quantitative estimate of drug-likeness (QED) is 0.746. The summed E-state index contributed by atoms with van der Waals surface area (Å²) in [7, 11) is 0. The van der Waals surface area contributed by atoms with Crippen LogP contribution in [0.2, 0.25) is 0 Å². The number of aromatic nitrogens is 1. The smallest absolute Gasteiger partial charge is 0.335 e. The molecule has 128 valence electrons. The van der Waals surface area contributed by atoms with Gasteiger partial charge in [-0.3, -0.25) is 4.79 Å². The fourth-order valence-electron chi connectivity index (χ4n) is 2.86. The molecule has 2 aromatic heterocycles. The Balaban J connectivity index is 1.79. The minimum Gasteiger partial charge on any atom is -0.478 e. The topological polar surface area (TPSA) is 79.3 Å². The number of aromatic carboxylic acids is 1. The van der Waals surface area contributed by atoms with E-state index in [1.807, 2.05) is 26.8 Å². The first-order valence-corrected chi connectivity index (χ1v) is 8.66. The Kier molecular flexibility index (Phi) is 4.55. The van der Waals surface area contributed by atoms with Crippen molar-refractivity contribution in [3.63, 3.8) is 0 Å². The molecule has 0 fully saturated rings. The highest BCUT2D eigenvalue weighted by Gasteiger charge is 2.17. The molecule has 25 heavy (non-hydrogen) atoms. The minimum atomic E-state index is -0.963. The third kappa shape index (κ3) is 3.39. The van der Waals surface area contributed by atoms with Gasteiger partial charge in [-0.2, -0.15) is 0 Å². The zero-order valence-electron chi connectivity index (χ0n) is 14.2. The Morgan fingerprint density at radius 1 is 1.16 bits per heavy atom. The summed E-state index contributed by atoms with van der Waals surface area (Å²) in [4.78, 5) is 29.5. The van der Waals surface area contributed by atoms with E-state index in [4.69, 9.17) is 5.11 Å². The molecule has 0 saturated carbocycles. The van der Waals surface area contributed by atoms with Crippen LogP contribution in [0, 0.1) is 20.8 Å². The second kappa shape index (κ2) is 6.64. The Morgan fingerprint density at radius 3 is 2.48 bits per heavy atom. The molecule has 1 amide bonds. The summed E-state index contributed by atoms with van der Waals surface area (Å²) in [6.45, 7) is 6.27. The second-order valence-corrected chi connectivity index (χ2v) is 7.00. The van der Waals surface area contributed by atoms with E-state index in [0.29, 0.717) is 11.4 Å². The normalized spacial score (nSPS) is 10.8. The standard InChI is InChI=1S/C19H18N2O3S/c1-10-8-11(2)21-18-15(10)12(3)16(25-18)17(22)20-9-13-4-6-14(7-5-13)19(23)24/h4-8H,9H2,1-3H3,(H,20,22)(H,23,24). The molecule has 0 saturated heterocycles. The van der Waals surface area contributed by atoms with Gasteiger partial charge < -0.3 is 10.4 Å². The molecule has 2 heterocycles. The number of fused-ring (bicyclic) bond motifs is 1. The maximum atomic E-state index is 12.6. The highest BCUT2D eigenvalue weighted by molar-refractivity contribution is 7.20. The number of benzene rings is 1. The molecule has 2 N–H and O–H groups in total. The zero-order chi connectivity index (χ0) is 18.1. The molecule has 0 atom stereocenters. The van der Waals surface area contributed by atoms with Crippen LogP contribution in [0.5, 0.6) is 0 Å². The monoisotopic (exact) mass is 354 g/mol. The highest BCUT2D eigenvalue weighted by atomic mass is 32.1. The van der Waals surface area contributed by atoms with Gasteiger partial charge in [-0.15, -0.1) is 11.3 Å². The van der Waals surface area contributed by atoms with Gasteiger partial charge in [0.25, 0.3) is 5.91 Å². The predicted molar refractivity (Wildman–Crippen MR) is 98.4 cm³/mol. The van der Waals surface area contributed by atoms with Crippen molar-refractivity contribution in [2.45, 2.75) is 27.3 Å². The largest absolute Gasteiger partial charge is 0.478 e. The van der Waals surface area contributed by atoms with Gasteiger partial charge in [-0.25, -0.2) is 9.78 Å². The van der Waals surface area contributed by atoms with E-state index < -0.39 is 5.97 Å². The SMILES string of the molecule is Cc1cc(C)c2c(C)c(C(=O)NCc3ccc(C(=O)O)cc3)sc2n1. The number of nitrogens with one attached hydrogen (secondary N) is 1. The molecule has 1 aromatic carbocycles. The van der Waals surface area contributed by atoms with E-state index in [-0.39, 0.29) is 11.5 Å². The summed E-state index contributed by atoms with van der Waals surface area (Å²) in [6, 6.07) is 8.50. The first-order valence-electron chi connectivity index (χ1n) is 7.84. The first-order chi connectivity index (χ1) is 11.9. The molecular weight excluding hydrogens is 336 g/mol. The highest BCUT2D eigenvalue weighted by Crippen LogP contribution is 2.32. The number of thiophene rings is 1. The maximum Gasteiger partial charge on any atom is 0.335 e. The predicted octanol–water partition coefficient (Wildman–Crippen LogP) is 3.85. The van der Waals surface area contributed by atoms with Gasteiger partial charge in [0.1, 0.15) is 4.83 Å². The molecule has 3 rings (SSSR count). The average molecular weight is 354 g/mol. The third-order valence-corrected chi connectivity index (χ3v) is 5.27.